The van der Waals surface area contributed by atoms with E-state index in [-0.39, 0.29) is 0 Å². The van der Waals surface area contributed by atoms with Gasteiger partial charge in [-0.15, -0.1) is 11.3 Å². The SMILES string of the molecule is Cc1ccc(-c2csc(Nc3cc(C)nn3C)n2)cc1. The monoisotopic (exact) mass is 284 g/mol. The first-order valence-corrected chi connectivity index (χ1v) is 7.30. The Morgan fingerprint density at radius 1 is 1.15 bits per heavy atom. The summed E-state index contributed by atoms with van der Waals surface area (Å²) < 4.78 is 1.82. The van der Waals surface area contributed by atoms with Crippen molar-refractivity contribution in [1.29, 1.82) is 0 Å². The maximum atomic E-state index is 4.62. The Balaban J connectivity index is 1.83. The molecule has 20 heavy (non-hydrogen) atoms. The number of aryl methyl sites for hydroxylation is 3. The molecule has 2 heterocycles. The Kier molecular flexibility index (Phi) is 3.28. The average molecular weight is 284 g/mol. The van der Waals surface area contributed by atoms with Gasteiger partial charge in [0, 0.05) is 24.1 Å². The molecule has 3 aromatic rings. The Bertz CT molecular complexity index is 725. The van der Waals surface area contributed by atoms with Crippen LogP contribution in [0.4, 0.5) is 10.9 Å². The molecular formula is C15H16N4S. The van der Waals surface area contributed by atoms with E-state index >= 15 is 0 Å². The van der Waals surface area contributed by atoms with Crippen LogP contribution < -0.4 is 5.32 Å². The number of rotatable bonds is 3. The van der Waals surface area contributed by atoms with E-state index in [2.05, 4.69) is 52.0 Å². The second-order valence-corrected chi connectivity index (χ2v) is 5.68. The molecule has 0 amide bonds. The topological polar surface area (TPSA) is 42.7 Å². The molecule has 0 aliphatic carbocycles. The number of aromatic nitrogens is 3. The van der Waals surface area contributed by atoms with Crippen molar-refractivity contribution in [2.24, 2.45) is 7.05 Å². The van der Waals surface area contributed by atoms with Gasteiger partial charge in [-0.2, -0.15) is 5.10 Å². The maximum absolute atomic E-state index is 4.62. The molecule has 5 heteroatoms. The molecule has 0 saturated heterocycles. The molecule has 102 valence electrons. The normalized spacial score (nSPS) is 10.8. The molecule has 0 radical (unpaired) electrons. The number of hydrogen-bond donors (Lipinski definition) is 1. The molecule has 0 fully saturated rings. The molecule has 0 aliphatic rings. The van der Waals surface area contributed by atoms with Gasteiger partial charge in [0.2, 0.25) is 0 Å². The highest BCUT2D eigenvalue weighted by Crippen LogP contribution is 2.27. The van der Waals surface area contributed by atoms with Crippen LogP contribution in [0.5, 0.6) is 0 Å². The summed E-state index contributed by atoms with van der Waals surface area (Å²) in [6, 6.07) is 10.4. The summed E-state index contributed by atoms with van der Waals surface area (Å²) in [7, 11) is 1.92. The van der Waals surface area contributed by atoms with Crippen molar-refractivity contribution in [2.45, 2.75) is 13.8 Å². The number of nitrogens with zero attached hydrogens (tertiary/aromatic N) is 3. The highest BCUT2D eigenvalue weighted by Gasteiger charge is 2.07. The highest BCUT2D eigenvalue weighted by molar-refractivity contribution is 7.14. The summed E-state index contributed by atoms with van der Waals surface area (Å²) in [4.78, 5) is 4.62. The number of benzene rings is 1. The minimum absolute atomic E-state index is 0.878. The molecular weight excluding hydrogens is 268 g/mol. The van der Waals surface area contributed by atoms with Gasteiger partial charge in [0.1, 0.15) is 5.82 Å². The Labute approximate surface area is 122 Å². The Morgan fingerprint density at radius 3 is 2.55 bits per heavy atom. The quantitative estimate of drug-likeness (QED) is 0.793. The van der Waals surface area contributed by atoms with Gasteiger partial charge in [0.15, 0.2) is 5.13 Å². The van der Waals surface area contributed by atoms with E-state index in [4.69, 9.17) is 0 Å². The molecule has 0 saturated carbocycles. The van der Waals surface area contributed by atoms with Crippen LogP contribution in [0.3, 0.4) is 0 Å². The van der Waals surface area contributed by atoms with Crippen molar-refractivity contribution in [3.05, 3.63) is 47.0 Å². The summed E-state index contributed by atoms with van der Waals surface area (Å²) in [5, 5.41) is 10.6. The van der Waals surface area contributed by atoms with Gasteiger partial charge >= 0.3 is 0 Å². The molecule has 0 bridgehead atoms. The van der Waals surface area contributed by atoms with Crippen LogP contribution in [0.1, 0.15) is 11.3 Å². The zero-order chi connectivity index (χ0) is 14.1. The van der Waals surface area contributed by atoms with Crippen LogP contribution in [0.25, 0.3) is 11.3 Å². The smallest absolute Gasteiger partial charge is 0.188 e. The molecule has 4 nitrogen and oxygen atoms in total. The lowest BCUT2D eigenvalue weighted by atomic mass is 10.1. The van der Waals surface area contributed by atoms with Gasteiger partial charge in [-0.3, -0.25) is 4.68 Å². The maximum Gasteiger partial charge on any atom is 0.188 e. The molecule has 0 spiro atoms. The number of nitrogens with one attached hydrogen (secondary N) is 1. The van der Waals surface area contributed by atoms with E-state index in [0.717, 1.165) is 27.9 Å². The largest absolute Gasteiger partial charge is 0.316 e. The summed E-state index contributed by atoms with van der Waals surface area (Å²) in [5.74, 6) is 0.951. The van der Waals surface area contributed by atoms with Gasteiger partial charge in [-0.05, 0) is 13.8 Å². The third-order valence-corrected chi connectivity index (χ3v) is 3.85. The summed E-state index contributed by atoms with van der Waals surface area (Å²) in [6.45, 7) is 4.06. The highest BCUT2D eigenvalue weighted by atomic mass is 32.1. The third kappa shape index (κ3) is 2.58. The standard InChI is InChI=1S/C15H16N4S/c1-10-4-6-12(7-5-10)13-9-20-15(16-13)17-14-8-11(2)18-19(14)3/h4-9H,1-3H3,(H,16,17). The number of anilines is 2. The fourth-order valence-corrected chi connectivity index (χ4v) is 2.75. The van der Waals surface area contributed by atoms with Gasteiger partial charge in [-0.25, -0.2) is 4.98 Å². The first-order valence-electron chi connectivity index (χ1n) is 6.42. The molecule has 0 aliphatic heterocycles. The molecule has 1 aromatic carbocycles. The van der Waals surface area contributed by atoms with Gasteiger partial charge in [0.05, 0.1) is 11.4 Å². The lowest BCUT2D eigenvalue weighted by molar-refractivity contribution is 0.765. The fourth-order valence-electron chi connectivity index (χ4n) is 2.03. The molecule has 3 rings (SSSR count). The first-order chi connectivity index (χ1) is 9.61. The zero-order valence-corrected chi connectivity index (χ0v) is 12.5. The first kappa shape index (κ1) is 12.9. The lowest BCUT2D eigenvalue weighted by Gasteiger charge is -2.01. The van der Waals surface area contributed by atoms with Crippen LogP contribution in [0.2, 0.25) is 0 Å². The second kappa shape index (κ2) is 5.09. The van der Waals surface area contributed by atoms with E-state index < -0.39 is 0 Å². The van der Waals surface area contributed by atoms with Crippen molar-refractivity contribution < 1.29 is 0 Å². The van der Waals surface area contributed by atoms with Crippen LogP contribution >= 0.6 is 11.3 Å². The molecule has 0 atom stereocenters. The number of thiazole rings is 1. The summed E-state index contributed by atoms with van der Waals surface area (Å²) in [5.41, 5.74) is 4.38. The molecule has 1 N–H and O–H groups in total. The fraction of sp³-hybridized carbons (Fsp3) is 0.200. The minimum atomic E-state index is 0.878. The van der Waals surface area contributed by atoms with Gasteiger partial charge in [0.25, 0.3) is 0 Å². The van der Waals surface area contributed by atoms with Crippen LogP contribution in [-0.4, -0.2) is 14.8 Å². The van der Waals surface area contributed by atoms with E-state index in [9.17, 15) is 0 Å². The third-order valence-electron chi connectivity index (χ3n) is 3.09. The minimum Gasteiger partial charge on any atom is -0.316 e. The van der Waals surface area contributed by atoms with E-state index in [0.29, 0.717) is 0 Å². The van der Waals surface area contributed by atoms with Crippen molar-refractivity contribution in [2.75, 3.05) is 5.32 Å². The van der Waals surface area contributed by atoms with Gasteiger partial charge < -0.3 is 5.32 Å². The lowest BCUT2D eigenvalue weighted by Crippen LogP contribution is -1.98. The van der Waals surface area contributed by atoms with E-state index in [1.807, 2.05) is 24.7 Å². The predicted molar refractivity (Wildman–Crippen MR) is 83.5 cm³/mol. The molecule has 0 unspecified atom stereocenters. The Hall–Kier alpha value is -2.14. The average Bonchev–Trinajstić information content (AvgIpc) is 2.98. The van der Waals surface area contributed by atoms with Crippen molar-refractivity contribution in [3.8, 4) is 11.3 Å². The summed E-state index contributed by atoms with van der Waals surface area (Å²) in [6.07, 6.45) is 0. The van der Waals surface area contributed by atoms with Crippen LogP contribution in [0.15, 0.2) is 35.7 Å². The molecule has 2 aromatic heterocycles. The van der Waals surface area contributed by atoms with Crippen molar-refractivity contribution in [3.63, 3.8) is 0 Å². The summed E-state index contributed by atoms with van der Waals surface area (Å²) >= 11 is 1.60. The van der Waals surface area contributed by atoms with Crippen molar-refractivity contribution >= 4 is 22.3 Å². The van der Waals surface area contributed by atoms with Gasteiger partial charge in [-0.1, -0.05) is 29.8 Å². The zero-order valence-electron chi connectivity index (χ0n) is 11.7. The van der Waals surface area contributed by atoms with Crippen LogP contribution in [0, 0.1) is 13.8 Å². The Morgan fingerprint density at radius 2 is 1.90 bits per heavy atom. The van der Waals surface area contributed by atoms with E-state index in [1.54, 1.807) is 11.3 Å². The predicted octanol–water partition coefficient (Wildman–Crippen LogP) is 3.90. The van der Waals surface area contributed by atoms with E-state index in [1.165, 1.54) is 5.56 Å². The number of hydrogen-bond acceptors (Lipinski definition) is 4. The second-order valence-electron chi connectivity index (χ2n) is 4.82. The van der Waals surface area contributed by atoms with Crippen LogP contribution in [-0.2, 0) is 7.05 Å². The van der Waals surface area contributed by atoms with Crippen molar-refractivity contribution in [1.82, 2.24) is 14.8 Å².